The minimum Gasteiger partial charge on any atom is -0.341 e. The molecule has 0 aromatic heterocycles. The van der Waals surface area contributed by atoms with Crippen LogP contribution in [0.15, 0.2) is 0 Å². The van der Waals surface area contributed by atoms with Crippen molar-refractivity contribution >= 4 is 5.91 Å². The Hall–Kier alpha value is -0.570. The third-order valence-electron chi connectivity index (χ3n) is 4.33. The van der Waals surface area contributed by atoms with Gasteiger partial charge in [0.2, 0.25) is 5.91 Å². The monoisotopic (exact) mass is 252 g/mol. The van der Waals surface area contributed by atoms with Crippen molar-refractivity contribution in [1.29, 1.82) is 0 Å². The first-order chi connectivity index (χ1) is 8.74. The summed E-state index contributed by atoms with van der Waals surface area (Å²) in [5.74, 6) is 1.06. The predicted octanol–water partition coefficient (Wildman–Crippen LogP) is 2.56. The van der Waals surface area contributed by atoms with Gasteiger partial charge in [-0.2, -0.15) is 0 Å². The van der Waals surface area contributed by atoms with E-state index in [0.717, 1.165) is 19.5 Å². The molecule has 1 N–H and O–H groups in total. The molecule has 0 spiro atoms. The van der Waals surface area contributed by atoms with Gasteiger partial charge < -0.3 is 10.2 Å². The van der Waals surface area contributed by atoms with E-state index < -0.39 is 0 Å². The second-order valence-corrected chi connectivity index (χ2v) is 5.98. The standard InChI is InChI=1S/C15H28N2O/c1-3-5-6-12(4-2)11-17-10-9-14(15(17)18)16-13-7-8-13/h12-14,16H,3-11H2,1-2H3. The van der Waals surface area contributed by atoms with Crippen LogP contribution in [0.3, 0.4) is 0 Å². The van der Waals surface area contributed by atoms with Crippen LogP contribution in [0.4, 0.5) is 0 Å². The third kappa shape index (κ3) is 3.71. The third-order valence-corrected chi connectivity index (χ3v) is 4.33. The first-order valence-corrected chi connectivity index (χ1v) is 7.79. The quantitative estimate of drug-likeness (QED) is 0.720. The predicted molar refractivity (Wildman–Crippen MR) is 74.4 cm³/mol. The van der Waals surface area contributed by atoms with Crippen molar-refractivity contribution in [3.05, 3.63) is 0 Å². The van der Waals surface area contributed by atoms with Crippen LogP contribution < -0.4 is 5.32 Å². The van der Waals surface area contributed by atoms with Crippen LogP contribution in [0.2, 0.25) is 0 Å². The highest BCUT2D eigenvalue weighted by Crippen LogP contribution is 2.24. The molecule has 0 aromatic carbocycles. The average Bonchev–Trinajstić information content (AvgIpc) is 3.13. The van der Waals surface area contributed by atoms with E-state index in [1.807, 2.05) is 0 Å². The molecule has 2 atom stereocenters. The van der Waals surface area contributed by atoms with Gasteiger partial charge in [-0.15, -0.1) is 0 Å². The molecule has 1 amide bonds. The lowest BCUT2D eigenvalue weighted by atomic mass is 9.99. The Balaban J connectivity index is 1.76. The van der Waals surface area contributed by atoms with Crippen LogP contribution in [0, 0.1) is 5.92 Å². The highest BCUT2D eigenvalue weighted by atomic mass is 16.2. The zero-order valence-corrected chi connectivity index (χ0v) is 12.0. The van der Waals surface area contributed by atoms with Crippen LogP contribution in [-0.2, 0) is 4.79 Å². The molecule has 0 bridgehead atoms. The second-order valence-electron chi connectivity index (χ2n) is 5.98. The van der Waals surface area contributed by atoms with Crippen LogP contribution in [-0.4, -0.2) is 36.0 Å². The van der Waals surface area contributed by atoms with E-state index in [0.29, 0.717) is 17.9 Å². The topological polar surface area (TPSA) is 32.3 Å². The van der Waals surface area contributed by atoms with Gasteiger partial charge in [0, 0.05) is 19.1 Å². The van der Waals surface area contributed by atoms with Gasteiger partial charge in [-0.05, 0) is 31.6 Å². The van der Waals surface area contributed by atoms with Crippen LogP contribution in [0.25, 0.3) is 0 Å². The smallest absolute Gasteiger partial charge is 0.239 e. The van der Waals surface area contributed by atoms with Crippen molar-refractivity contribution < 1.29 is 4.79 Å². The molecule has 0 aromatic rings. The molecule has 0 radical (unpaired) electrons. The molecule has 104 valence electrons. The molecule has 2 rings (SSSR count). The number of carbonyl (C=O) groups is 1. The molecule has 18 heavy (non-hydrogen) atoms. The minimum atomic E-state index is 0.126. The lowest BCUT2D eigenvalue weighted by Gasteiger charge is -2.23. The maximum absolute atomic E-state index is 12.3. The van der Waals surface area contributed by atoms with Gasteiger partial charge in [0.05, 0.1) is 6.04 Å². The van der Waals surface area contributed by atoms with Crippen molar-refractivity contribution in [1.82, 2.24) is 10.2 Å². The number of amides is 1. The average molecular weight is 252 g/mol. The van der Waals surface area contributed by atoms with Gasteiger partial charge in [-0.3, -0.25) is 4.79 Å². The largest absolute Gasteiger partial charge is 0.341 e. The number of nitrogens with zero attached hydrogens (tertiary/aromatic N) is 1. The highest BCUT2D eigenvalue weighted by molar-refractivity contribution is 5.84. The fraction of sp³-hybridized carbons (Fsp3) is 0.933. The summed E-state index contributed by atoms with van der Waals surface area (Å²) in [6.45, 7) is 6.44. The first-order valence-electron chi connectivity index (χ1n) is 7.79. The van der Waals surface area contributed by atoms with E-state index in [2.05, 4.69) is 24.1 Å². The fourth-order valence-electron chi connectivity index (χ4n) is 2.84. The number of likely N-dealkylation sites (tertiary alicyclic amines) is 1. The van der Waals surface area contributed by atoms with E-state index >= 15 is 0 Å². The summed E-state index contributed by atoms with van der Waals surface area (Å²) in [4.78, 5) is 14.4. The van der Waals surface area contributed by atoms with Crippen LogP contribution in [0.1, 0.15) is 58.8 Å². The molecule has 1 aliphatic heterocycles. The Bertz CT molecular complexity index is 276. The summed E-state index contributed by atoms with van der Waals surface area (Å²) in [6, 6.07) is 0.766. The Morgan fingerprint density at radius 2 is 2.11 bits per heavy atom. The summed E-state index contributed by atoms with van der Waals surface area (Å²) in [7, 11) is 0. The van der Waals surface area contributed by atoms with E-state index in [9.17, 15) is 4.79 Å². The fourth-order valence-corrected chi connectivity index (χ4v) is 2.84. The maximum Gasteiger partial charge on any atom is 0.239 e. The zero-order chi connectivity index (χ0) is 13.0. The lowest BCUT2D eigenvalue weighted by molar-refractivity contribution is -0.130. The van der Waals surface area contributed by atoms with E-state index in [4.69, 9.17) is 0 Å². The highest BCUT2D eigenvalue weighted by Gasteiger charge is 2.35. The van der Waals surface area contributed by atoms with E-state index in [-0.39, 0.29) is 6.04 Å². The van der Waals surface area contributed by atoms with Crippen molar-refractivity contribution in [2.45, 2.75) is 70.9 Å². The summed E-state index contributed by atoms with van der Waals surface area (Å²) >= 11 is 0. The second kappa shape index (κ2) is 6.55. The Kier molecular flexibility index (Phi) is 5.04. The van der Waals surface area contributed by atoms with Crippen molar-refractivity contribution in [2.75, 3.05) is 13.1 Å². The number of unbranched alkanes of at least 4 members (excludes halogenated alkanes) is 1. The molecule has 2 aliphatic rings. The molecular formula is C15H28N2O. The Morgan fingerprint density at radius 1 is 1.33 bits per heavy atom. The van der Waals surface area contributed by atoms with E-state index in [1.54, 1.807) is 0 Å². The molecule has 2 unspecified atom stereocenters. The van der Waals surface area contributed by atoms with Crippen molar-refractivity contribution in [2.24, 2.45) is 5.92 Å². The normalized spacial score (nSPS) is 25.8. The Labute approximate surface area is 111 Å². The molecule has 1 aliphatic carbocycles. The lowest BCUT2D eigenvalue weighted by Crippen LogP contribution is -2.40. The zero-order valence-electron chi connectivity index (χ0n) is 12.0. The number of hydrogen-bond donors (Lipinski definition) is 1. The molecule has 3 nitrogen and oxygen atoms in total. The van der Waals surface area contributed by atoms with E-state index in [1.165, 1.54) is 38.5 Å². The SMILES string of the molecule is CCCCC(CC)CN1CCC(NC2CC2)C1=O. The van der Waals surface area contributed by atoms with Gasteiger partial charge >= 0.3 is 0 Å². The molecule has 1 saturated carbocycles. The molecular weight excluding hydrogens is 224 g/mol. The van der Waals surface area contributed by atoms with Crippen LogP contribution >= 0.6 is 0 Å². The molecule has 2 fully saturated rings. The summed E-state index contributed by atoms with van der Waals surface area (Å²) in [5, 5.41) is 3.48. The van der Waals surface area contributed by atoms with Gasteiger partial charge in [-0.1, -0.05) is 33.1 Å². The maximum atomic E-state index is 12.3. The summed E-state index contributed by atoms with van der Waals surface area (Å²) in [5.41, 5.74) is 0. The number of hydrogen-bond acceptors (Lipinski definition) is 2. The van der Waals surface area contributed by atoms with Gasteiger partial charge in [0.1, 0.15) is 0 Å². The van der Waals surface area contributed by atoms with Gasteiger partial charge in [0.25, 0.3) is 0 Å². The molecule has 3 heteroatoms. The summed E-state index contributed by atoms with van der Waals surface area (Å²) in [6.07, 6.45) is 8.57. The summed E-state index contributed by atoms with van der Waals surface area (Å²) < 4.78 is 0. The minimum absolute atomic E-state index is 0.126. The molecule has 1 saturated heterocycles. The van der Waals surface area contributed by atoms with Gasteiger partial charge in [0.15, 0.2) is 0 Å². The Morgan fingerprint density at radius 3 is 2.72 bits per heavy atom. The van der Waals surface area contributed by atoms with Crippen molar-refractivity contribution in [3.8, 4) is 0 Å². The van der Waals surface area contributed by atoms with Crippen LogP contribution in [0.5, 0.6) is 0 Å². The molecule has 1 heterocycles. The van der Waals surface area contributed by atoms with Crippen molar-refractivity contribution in [3.63, 3.8) is 0 Å². The number of carbonyl (C=O) groups excluding carboxylic acids is 1. The number of nitrogens with one attached hydrogen (secondary N) is 1. The first kappa shape index (κ1) is 13.9. The number of rotatable bonds is 8. The van der Waals surface area contributed by atoms with Gasteiger partial charge in [-0.25, -0.2) is 0 Å².